The summed E-state index contributed by atoms with van der Waals surface area (Å²) >= 11 is 0. The Morgan fingerprint density at radius 2 is 1.73 bits per heavy atom. The van der Waals surface area contributed by atoms with Gasteiger partial charge in [-0.25, -0.2) is 0 Å². The summed E-state index contributed by atoms with van der Waals surface area (Å²) in [7, 11) is 3.26. The van der Waals surface area contributed by atoms with Gasteiger partial charge >= 0.3 is 0 Å². The molecule has 0 saturated heterocycles. The molecule has 0 saturated carbocycles. The van der Waals surface area contributed by atoms with Gasteiger partial charge in [-0.2, -0.15) is 0 Å². The van der Waals surface area contributed by atoms with Crippen LogP contribution < -0.4 is 9.47 Å². The number of ether oxygens (including phenoxy) is 3. The summed E-state index contributed by atoms with van der Waals surface area (Å²) in [6.07, 6.45) is 4.20. The van der Waals surface area contributed by atoms with E-state index in [1.807, 2.05) is 36.4 Å². The van der Waals surface area contributed by atoms with Crippen LogP contribution in [0.25, 0.3) is 11.8 Å². The molecule has 2 aromatic rings. The maximum Gasteiger partial charge on any atom is 0.161 e. The Labute approximate surface area is 130 Å². The number of rotatable bonds is 4. The maximum absolute atomic E-state index is 5.79. The van der Waals surface area contributed by atoms with Crippen LogP contribution in [-0.2, 0) is 4.74 Å². The molecule has 0 aliphatic carbocycles. The fraction of sp³-hybridized carbons (Fsp3) is 0.158. The van der Waals surface area contributed by atoms with Crippen LogP contribution in [0, 0.1) is 0 Å². The van der Waals surface area contributed by atoms with Gasteiger partial charge in [0.25, 0.3) is 0 Å². The Kier molecular flexibility index (Phi) is 4.15. The van der Waals surface area contributed by atoms with E-state index in [0.29, 0.717) is 18.1 Å². The number of methoxy groups -OCH3 is 2. The highest BCUT2D eigenvalue weighted by Gasteiger charge is 2.15. The minimum atomic E-state index is 0.582. The van der Waals surface area contributed by atoms with Crippen LogP contribution in [-0.4, -0.2) is 20.8 Å². The van der Waals surface area contributed by atoms with Crippen molar-refractivity contribution in [3.05, 3.63) is 71.3 Å². The van der Waals surface area contributed by atoms with E-state index in [2.05, 4.69) is 24.3 Å². The van der Waals surface area contributed by atoms with E-state index in [1.54, 1.807) is 14.2 Å². The molecule has 22 heavy (non-hydrogen) atoms. The Morgan fingerprint density at radius 3 is 2.45 bits per heavy atom. The van der Waals surface area contributed by atoms with Crippen LogP contribution in [0.4, 0.5) is 0 Å². The molecule has 0 atom stereocenters. The van der Waals surface area contributed by atoms with E-state index in [9.17, 15) is 0 Å². The van der Waals surface area contributed by atoms with Crippen molar-refractivity contribution in [2.45, 2.75) is 0 Å². The highest BCUT2D eigenvalue weighted by molar-refractivity contribution is 5.71. The fourth-order valence-electron chi connectivity index (χ4n) is 2.42. The van der Waals surface area contributed by atoms with Gasteiger partial charge in [0.15, 0.2) is 11.5 Å². The third kappa shape index (κ3) is 2.98. The molecule has 1 aliphatic heterocycles. The second-order valence-corrected chi connectivity index (χ2v) is 5.00. The molecule has 0 fully saturated rings. The summed E-state index contributed by atoms with van der Waals surface area (Å²) < 4.78 is 16.4. The van der Waals surface area contributed by atoms with Crippen molar-refractivity contribution in [3.63, 3.8) is 0 Å². The van der Waals surface area contributed by atoms with Crippen LogP contribution in [0.5, 0.6) is 11.5 Å². The predicted octanol–water partition coefficient (Wildman–Crippen LogP) is 4.16. The summed E-state index contributed by atoms with van der Waals surface area (Å²) in [5, 5.41) is 0. The van der Waals surface area contributed by atoms with E-state index in [-0.39, 0.29) is 0 Å². The largest absolute Gasteiger partial charge is 0.493 e. The predicted molar refractivity (Wildman–Crippen MR) is 87.9 cm³/mol. The average molecular weight is 294 g/mol. The first kappa shape index (κ1) is 14.3. The summed E-state index contributed by atoms with van der Waals surface area (Å²) in [5.41, 5.74) is 3.30. The normalized spacial score (nSPS) is 15.4. The molecule has 112 valence electrons. The molecule has 2 aromatic carbocycles. The molecule has 0 radical (unpaired) electrons. The van der Waals surface area contributed by atoms with Gasteiger partial charge in [0.1, 0.15) is 12.4 Å². The van der Waals surface area contributed by atoms with E-state index in [0.717, 1.165) is 16.9 Å². The monoisotopic (exact) mass is 294 g/mol. The lowest BCUT2D eigenvalue weighted by Gasteiger charge is -2.09. The van der Waals surface area contributed by atoms with Gasteiger partial charge in [-0.05, 0) is 41.5 Å². The Morgan fingerprint density at radius 1 is 0.955 bits per heavy atom. The third-order valence-corrected chi connectivity index (χ3v) is 3.53. The number of hydrogen-bond acceptors (Lipinski definition) is 3. The topological polar surface area (TPSA) is 27.7 Å². The Bertz CT molecular complexity index is 715. The van der Waals surface area contributed by atoms with E-state index in [1.165, 1.54) is 5.56 Å². The minimum Gasteiger partial charge on any atom is -0.493 e. The van der Waals surface area contributed by atoms with Crippen LogP contribution >= 0.6 is 0 Å². The highest BCUT2D eigenvalue weighted by Crippen LogP contribution is 2.33. The summed E-state index contributed by atoms with van der Waals surface area (Å²) in [6.45, 7) is 0.582. The summed E-state index contributed by atoms with van der Waals surface area (Å²) in [4.78, 5) is 0. The van der Waals surface area contributed by atoms with Crippen molar-refractivity contribution in [2.75, 3.05) is 20.8 Å². The maximum atomic E-state index is 5.79. The lowest BCUT2D eigenvalue weighted by atomic mass is 10.1. The summed E-state index contributed by atoms with van der Waals surface area (Å²) in [6, 6.07) is 16.0. The van der Waals surface area contributed by atoms with Crippen molar-refractivity contribution in [1.82, 2.24) is 0 Å². The van der Waals surface area contributed by atoms with Gasteiger partial charge in [-0.1, -0.05) is 30.3 Å². The van der Waals surface area contributed by atoms with Crippen molar-refractivity contribution >= 4 is 11.8 Å². The number of benzene rings is 2. The first-order valence-corrected chi connectivity index (χ1v) is 7.12. The first-order chi connectivity index (χ1) is 10.8. The zero-order valence-corrected chi connectivity index (χ0v) is 12.7. The third-order valence-electron chi connectivity index (χ3n) is 3.53. The van der Waals surface area contributed by atoms with Crippen LogP contribution in [0.2, 0.25) is 0 Å². The van der Waals surface area contributed by atoms with Gasteiger partial charge < -0.3 is 14.2 Å². The lowest BCUT2D eigenvalue weighted by Crippen LogP contribution is -1.93. The molecule has 0 bridgehead atoms. The van der Waals surface area contributed by atoms with E-state index < -0.39 is 0 Å². The first-order valence-electron chi connectivity index (χ1n) is 7.12. The Hall–Kier alpha value is -2.68. The zero-order chi connectivity index (χ0) is 15.4. The van der Waals surface area contributed by atoms with Crippen LogP contribution in [0.1, 0.15) is 11.1 Å². The standard InChI is InChI=1S/C19H18O3/c1-20-17-9-8-16(12-19(17)21-2)18-11-15(13-22-18)10-14-6-4-3-5-7-14/h3-12H,13H2,1-2H3/b15-10+. The van der Waals surface area contributed by atoms with Gasteiger partial charge in [0, 0.05) is 5.56 Å². The molecule has 3 rings (SSSR count). The summed E-state index contributed by atoms with van der Waals surface area (Å²) in [5.74, 6) is 2.26. The number of hydrogen-bond donors (Lipinski definition) is 0. The molecule has 1 aliphatic rings. The molecule has 0 N–H and O–H groups in total. The molecule has 0 amide bonds. The molecule has 3 nitrogen and oxygen atoms in total. The van der Waals surface area contributed by atoms with Crippen LogP contribution in [0.3, 0.4) is 0 Å². The quantitative estimate of drug-likeness (QED) is 0.847. The second kappa shape index (κ2) is 6.39. The van der Waals surface area contributed by atoms with Crippen LogP contribution in [0.15, 0.2) is 60.2 Å². The van der Waals surface area contributed by atoms with E-state index in [4.69, 9.17) is 14.2 Å². The molecule has 3 heteroatoms. The van der Waals surface area contributed by atoms with Crippen molar-refractivity contribution in [2.24, 2.45) is 0 Å². The van der Waals surface area contributed by atoms with Gasteiger partial charge in [0.2, 0.25) is 0 Å². The smallest absolute Gasteiger partial charge is 0.161 e. The Balaban J connectivity index is 1.87. The molecule has 0 unspecified atom stereocenters. The SMILES string of the molecule is COc1ccc(C2=C/C(=C\c3ccccc3)CO2)cc1OC. The fourth-order valence-corrected chi connectivity index (χ4v) is 2.42. The molecular weight excluding hydrogens is 276 g/mol. The molecule has 0 aromatic heterocycles. The lowest BCUT2D eigenvalue weighted by molar-refractivity contribution is 0.329. The molecule has 0 spiro atoms. The highest BCUT2D eigenvalue weighted by atomic mass is 16.5. The van der Waals surface area contributed by atoms with Crippen molar-refractivity contribution < 1.29 is 14.2 Å². The van der Waals surface area contributed by atoms with Gasteiger partial charge in [-0.3, -0.25) is 0 Å². The average Bonchev–Trinajstić information content (AvgIpc) is 3.03. The zero-order valence-electron chi connectivity index (χ0n) is 12.7. The second-order valence-electron chi connectivity index (χ2n) is 5.00. The van der Waals surface area contributed by atoms with Crippen molar-refractivity contribution in [1.29, 1.82) is 0 Å². The molecular formula is C19H18O3. The minimum absolute atomic E-state index is 0.582. The van der Waals surface area contributed by atoms with E-state index >= 15 is 0 Å². The molecule has 1 heterocycles. The van der Waals surface area contributed by atoms with Crippen molar-refractivity contribution in [3.8, 4) is 11.5 Å². The van der Waals surface area contributed by atoms with Gasteiger partial charge in [-0.15, -0.1) is 0 Å². The van der Waals surface area contributed by atoms with Gasteiger partial charge in [0.05, 0.1) is 14.2 Å².